The summed E-state index contributed by atoms with van der Waals surface area (Å²) in [5, 5.41) is 7.12. The Kier molecular flexibility index (Phi) is 15.5. The highest BCUT2D eigenvalue weighted by atomic mass is 127. The van der Waals surface area contributed by atoms with E-state index in [1.165, 1.54) is 0 Å². The summed E-state index contributed by atoms with van der Waals surface area (Å²) in [4.78, 5) is 8.90. The highest BCUT2D eigenvalue weighted by molar-refractivity contribution is 14.0. The van der Waals surface area contributed by atoms with Crippen molar-refractivity contribution in [1.29, 1.82) is 0 Å². The number of hydrogen-bond donors (Lipinski definition) is 3. The molecule has 0 saturated heterocycles. The van der Waals surface area contributed by atoms with Crippen molar-refractivity contribution in [2.75, 3.05) is 0 Å². The molecule has 8 heteroatoms. The van der Waals surface area contributed by atoms with Gasteiger partial charge in [-0.15, -0.1) is 24.0 Å². The van der Waals surface area contributed by atoms with E-state index >= 15 is 0 Å². The molecule has 138 valence electrons. The second-order valence-electron chi connectivity index (χ2n) is 6.76. The van der Waals surface area contributed by atoms with Crippen molar-refractivity contribution in [2.45, 2.75) is 72.6 Å². The second kappa shape index (κ2) is 11.4. The fourth-order valence-corrected chi connectivity index (χ4v) is 0. The second-order valence-corrected chi connectivity index (χ2v) is 6.76. The normalized spacial score (nSPS) is 11.8. The van der Waals surface area contributed by atoms with Crippen LogP contribution in [0.25, 0.3) is 0 Å². The van der Waals surface area contributed by atoms with E-state index in [1.54, 1.807) is 0 Å². The molecule has 0 aromatic heterocycles. The summed E-state index contributed by atoms with van der Waals surface area (Å²) in [5.74, 6) is -1.60. The lowest BCUT2D eigenvalue weighted by molar-refractivity contribution is -0.192. The van der Waals surface area contributed by atoms with Crippen molar-refractivity contribution in [3.63, 3.8) is 0 Å². The largest absolute Gasteiger partial charge is 0.490 e. The Hall–Kier alpha value is -0.0900. The monoisotopic (exact) mass is 444 g/mol. The van der Waals surface area contributed by atoms with Crippen molar-refractivity contribution < 1.29 is 23.1 Å². The number of carboxylic acid groups (broad SMARTS) is 1. The third kappa shape index (κ3) is 22.2. The van der Waals surface area contributed by atoms with E-state index in [2.05, 4.69) is 27.7 Å². The van der Waals surface area contributed by atoms with Crippen LogP contribution >= 0.6 is 24.0 Å². The van der Waals surface area contributed by atoms with Crippen molar-refractivity contribution >= 4 is 29.9 Å². The van der Waals surface area contributed by atoms with Crippen LogP contribution in [0.1, 0.15) is 55.4 Å². The highest BCUT2D eigenvalue weighted by Gasteiger charge is 2.38. The van der Waals surface area contributed by atoms with Crippen LogP contribution in [0.3, 0.4) is 0 Å². The van der Waals surface area contributed by atoms with Gasteiger partial charge in [-0.25, -0.2) is 4.79 Å². The van der Waals surface area contributed by atoms with E-state index in [9.17, 15) is 13.2 Å². The summed E-state index contributed by atoms with van der Waals surface area (Å²) in [6, 6.07) is 0. The number of aliphatic carboxylic acids is 1. The minimum Gasteiger partial charge on any atom is -0.475 e. The SMILES string of the molecule is CC(C)C(C)(C)N.CC(C)C(C)(C)N.I.O=C(O)C(F)(F)F. The van der Waals surface area contributed by atoms with Crippen LogP contribution < -0.4 is 11.5 Å². The Bertz CT molecular complexity index is 276. The Balaban J connectivity index is -0.000000108. The number of halogens is 4. The molecule has 0 aliphatic heterocycles. The van der Waals surface area contributed by atoms with Gasteiger partial charge in [-0.3, -0.25) is 0 Å². The molecule has 5 N–H and O–H groups in total. The highest BCUT2D eigenvalue weighted by Crippen LogP contribution is 2.13. The molecule has 0 atom stereocenters. The Morgan fingerprint density at radius 2 is 0.955 bits per heavy atom. The summed E-state index contributed by atoms with van der Waals surface area (Å²) < 4.78 is 31.7. The van der Waals surface area contributed by atoms with Crippen molar-refractivity contribution in [1.82, 2.24) is 0 Å². The lowest BCUT2D eigenvalue weighted by atomic mass is 9.92. The number of nitrogens with two attached hydrogens (primary N) is 2. The average Bonchev–Trinajstić information content (AvgIpc) is 2.14. The molecule has 0 rings (SSSR count). The first-order valence-electron chi connectivity index (χ1n) is 6.71. The smallest absolute Gasteiger partial charge is 0.475 e. The van der Waals surface area contributed by atoms with Crippen molar-refractivity contribution in [3.8, 4) is 0 Å². The molecule has 0 aliphatic rings. The van der Waals surface area contributed by atoms with E-state index < -0.39 is 12.1 Å². The van der Waals surface area contributed by atoms with Gasteiger partial charge in [0.1, 0.15) is 0 Å². The summed E-state index contributed by atoms with van der Waals surface area (Å²) in [6.45, 7) is 16.7. The molecular weight excluding hydrogens is 412 g/mol. The number of rotatable bonds is 2. The molecule has 0 aliphatic carbocycles. The van der Waals surface area contributed by atoms with Gasteiger partial charge in [-0.2, -0.15) is 13.2 Å². The summed E-state index contributed by atoms with van der Waals surface area (Å²) in [7, 11) is 0. The molecule has 0 spiro atoms. The summed E-state index contributed by atoms with van der Waals surface area (Å²) >= 11 is 0. The molecular formula is C14H32F3IN2O2. The molecule has 0 amide bonds. The van der Waals surface area contributed by atoms with E-state index in [4.69, 9.17) is 21.4 Å². The average molecular weight is 444 g/mol. The van der Waals surface area contributed by atoms with Gasteiger partial charge < -0.3 is 16.6 Å². The number of carbonyl (C=O) groups is 1. The van der Waals surface area contributed by atoms with Crippen LogP contribution in [0.2, 0.25) is 0 Å². The van der Waals surface area contributed by atoms with E-state index in [-0.39, 0.29) is 35.1 Å². The number of hydrogen-bond acceptors (Lipinski definition) is 3. The lowest BCUT2D eigenvalue weighted by Crippen LogP contribution is -2.37. The predicted molar refractivity (Wildman–Crippen MR) is 95.3 cm³/mol. The number of carboxylic acids is 1. The molecule has 4 nitrogen and oxygen atoms in total. The van der Waals surface area contributed by atoms with E-state index in [1.807, 2.05) is 27.7 Å². The van der Waals surface area contributed by atoms with Gasteiger partial charge in [0.2, 0.25) is 0 Å². The first kappa shape index (κ1) is 29.9. The Morgan fingerprint density at radius 3 is 0.955 bits per heavy atom. The fourth-order valence-electron chi connectivity index (χ4n) is 0. The first-order chi connectivity index (χ1) is 8.83. The molecule has 0 fully saturated rings. The first-order valence-corrected chi connectivity index (χ1v) is 6.71. The summed E-state index contributed by atoms with van der Waals surface area (Å²) in [5.41, 5.74) is 11.4. The third-order valence-corrected chi connectivity index (χ3v) is 3.22. The summed E-state index contributed by atoms with van der Waals surface area (Å²) in [6.07, 6.45) is -5.08. The van der Waals surface area contributed by atoms with Crippen LogP contribution in [0.5, 0.6) is 0 Å². The van der Waals surface area contributed by atoms with Crippen LogP contribution in [-0.2, 0) is 4.79 Å². The molecule has 0 heterocycles. The van der Waals surface area contributed by atoms with E-state index in [0.29, 0.717) is 11.8 Å². The standard InChI is InChI=1S/2C6H15N.C2HF3O2.HI/c2*1-5(2)6(3,4)7;3-2(4,5)1(6)7;/h2*5H,7H2,1-4H3;(H,6,7);1H. The van der Waals surface area contributed by atoms with Gasteiger partial charge in [0.05, 0.1) is 0 Å². The van der Waals surface area contributed by atoms with Crippen LogP contribution in [-0.4, -0.2) is 28.3 Å². The van der Waals surface area contributed by atoms with Crippen LogP contribution in [0.15, 0.2) is 0 Å². The van der Waals surface area contributed by atoms with Crippen molar-refractivity contribution in [2.24, 2.45) is 23.3 Å². The fraction of sp³-hybridized carbons (Fsp3) is 0.929. The maximum absolute atomic E-state index is 10.6. The zero-order valence-corrected chi connectivity index (χ0v) is 17.0. The Labute approximate surface area is 149 Å². The maximum Gasteiger partial charge on any atom is 0.490 e. The molecule has 0 radical (unpaired) electrons. The van der Waals surface area contributed by atoms with E-state index in [0.717, 1.165) is 0 Å². The zero-order chi connectivity index (χ0) is 18.2. The number of alkyl halides is 3. The third-order valence-electron chi connectivity index (χ3n) is 3.22. The quantitative estimate of drug-likeness (QED) is 0.562. The van der Waals surface area contributed by atoms with Gasteiger partial charge in [0.25, 0.3) is 0 Å². The topological polar surface area (TPSA) is 89.3 Å². The zero-order valence-electron chi connectivity index (χ0n) is 14.7. The van der Waals surface area contributed by atoms with Crippen LogP contribution in [0, 0.1) is 11.8 Å². The molecule has 0 bridgehead atoms. The molecule has 22 heavy (non-hydrogen) atoms. The van der Waals surface area contributed by atoms with Gasteiger partial charge in [0.15, 0.2) is 0 Å². The van der Waals surface area contributed by atoms with Crippen molar-refractivity contribution in [3.05, 3.63) is 0 Å². The van der Waals surface area contributed by atoms with Gasteiger partial charge in [-0.05, 0) is 39.5 Å². The lowest BCUT2D eigenvalue weighted by Gasteiger charge is -2.22. The predicted octanol–water partition coefficient (Wildman–Crippen LogP) is 4.01. The van der Waals surface area contributed by atoms with Gasteiger partial charge in [0, 0.05) is 11.1 Å². The minimum atomic E-state index is -5.08. The van der Waals surface area contributed by atoms with Gasteiger partial charge in [-0.1, -0.05) is 27.7 Å². The molecule has 0 aromatic carbocycles. The Morgan fingerprint density at radius 1 is 0.864 bits per heavy atom. The van der Waals surface area contributed by atoms with Crippen LogP contribution in [0.4, 0.5) is 13.2 Å². The molecule has 0 unspecified atom stereocenters. The molecule has 0 saturated carbocycles. The maximum atomic E-state index is 10.6. The van der Waals surface area contributed by atoms with Gasteiger partial charge >= 0.3 is 12.1 Å². The molecule has 0 aromatic rings. The minimum absolute atomic E-state index is 0.